The molecule has 156 valence electrons. The van der Waals surface area contributed by atoms with E-state index in [2.05, 4.69) is 15.9 Å². The van der Waals surface area contributed by atoms with Gasteiger partial charge in [-0.2, -0.15) is 0 Å². The average Bonchev–Trinajstić information content (AvgIpc) is 3.36. The van der Waals surface area contributed by atoms with Crippen molar-refractivity contribution in [3.63, 3.8) is 0 Å². The molecule has 9 heteroatoms. The molecule has 4 rings (SSSR count). The highest BCUT2D eigenvalue weighted by atomic mass is 79.9. The number of nitro groups is 1. The van der Waals surface area contributed by atoms with Crippen LogP contribution in [0.15, 0.2) is 81.4 Å². The van der Waals surface area contributed by atoms with Gasteiger partial charge in [-0.15, -0.1) is 0 Å². The number of halogens is 1. The number of aliphatic hydroxyl groups is 1. The quantitative estimate of drug-likeness (QED) is 0.187. The number of ketones is 1. The Morgan fingerprint density at radius 2 is 1.87 bits per heavy atom. The van der Waals surface area contributed by atoms with Gasteiger partial charge < -0.3 is 14.4 Å². The van der Waals surface area contributed by atoms with Gasteiger partial charge in [0, 0.05) is 22.2 Å². The molecule has 1 aliphatic rings. The highest BCUT2D eigenvalue weighted by Crippen LogP contribution is 2.40. The first-order valence-electron chi connectivity index (χ1n) is 9.18. The van der Waals surface area contributed by atoms with Crippen LogP contribution >= 0.6 is 15.9 Å². The summed E-state index contributed by atoms with van der Waals surface area (Å²) in [5.74, 6) is -1.67. The van der Waals surface area contributed by atoms with Gasteiger partial charge in [-0.1, -0.05) is 40.2 Å². The smallest absolute Gasteiger partial charge is 0.296 e. The lowest BCUT2D eigenvalue weighted by Crippen LogP contribution is -2.29. The van der Waals surface area contributed by atoms with Gasteiger partial charge in [0.1, 0.15) is 11.5 Å². The van der Waals surface area contributed by atoms with Gasteiger partial charge in [0.25, 0.3) is 17.4 Å². The number of carbonyl (C=O) groups is 2. The van der Waals surface area contributed by atoms with Crippen molar-refractivity contribution in [2.24, 2.45) is 0 Å². The number of amides is 1. The number of likely N-dealkylation sites (tertiary alicyclic amines) is 1. The molecule has 1 aliphatic heterocycles. The Morgan fingerprint density at radius 1 is 1.13 bits per heavy atom. The largest absolute Gasteiger partial charge is 0.507 e. The molecule has 2 heterocycles. The second-order valence-electron chi connectivity index (χ2n) is 6.87. The molecule has 0 spiro atoms. The van der Waals surface area contributed by atoms with Gasteiger partial charge >= 0.3 is 0 Å². The summed E-state index contributed by atoms with van der Waals surface area (Å²) in [5, 5.41) is 22.1. The number of Topliss-reactive ketones (excluding diaryl/α,β-unsaturated/α-hetero) is 1. The van der Waals surface area contributed by atoms with Crippen LogP contribution in [0.5, 0.6) is 0 Å². The van der Waals surface area contributed by atoms with Crippen molar-refractivity contribution in [1.82, 2.24) is 4.90 Å². The first kappa shape index (κ1) is 20.5. The molecule has 1 atom stereocenters. The van der Waals surface area contributed by atoms with Crippen LogP contribution < -0.4 is 0 Å². The van der Waals surface area contributed by atoms with Crippen LogP contribution in [0, 0.1) is 10.1 Å². The van der Waals surface area contributed by atoms with E-state index in [1.165, 1.54) is 29.4 Å². The van der Waals surface area contributed by atoms with Gasteiger partial charge in [-0.3, -0.25) is 19.7 Å². The Labute approximate surface area is 184 Å². The SMILES string of the molecule is O=C1C(=O)N(Cc2ccco2)[C@@H](c2ccc(Br)cc2)/C1=C(\O)c1cccc([N+](=O)[O-])c1. The van der Waals surface area contributed by atoms with Crippen LogP contribution in [-0.2, 0) is 16.1 Å². The molecule has 0 unspecified atom stereocenters. The van der Waals surface area contributed by atoms with Gasteiger partial charge in [0.2, 0.25) is 0 Å². The first-order valence-corrected chi connectivity index (χ1v) is 9.97. The summed E-state index contributed by atoms with van der Waals surface area (Å²) < 4.78 is 6.14. The van der Waals surface area contributed by atoms with E-state index in [0.29, 0.717) is 11.3 Å². The molecule has 0 aliphatic carbocycles. The second-order valence-corrected chi connectivity index (χ2v) is 7.78. The fourth-order valence-corrected chi connectivity index (χ4v) is 3.79. The highest BCUT2D eigenvalue weighted by Gasteiger charge is 2.46. The summed E-state index contributed by atoms with van der Waals surface area (Å²) >= 11 is 3.36. The van der Waals surface area contributed by atoms with Crippen LogP contribution in [0.25, 0.3) is 5.76 Å². The molecule has 8 nitrogen and oxygen atoms in total. The number of hydrogen-bond donors (Lipinski definition) is 1. The Hall–Kier alpha value is -3.72. The standard InChI is InChI=1S/C22H15BrN2O6/c23-15-8-6-13(7-9-15)19-18(20(26)14-3-1-4-16(11-14)25(29)30)21(27)22(28)24(19)12-17-5-2-10-31-17/h1-11,19,26H,12H2/b20-18+/t19-/m0/s1. The van der Waals surface area contributed by atoms with Crippen LogP contribution in [0.3, 0.4) is 0 Å². The molecule has 2 aromatic carbocycles. The van der Waals surface area contributed by atoms with E-state index in [4.69, 9.17) is 4.42 Å². The lowest BCUT2D eigenvalue weighted by molar-refractivity contribution is -0.384. The van der Waals surface area contributed by atoms with E-state index in [0.717, 1.165) is 10.5 Å². The average molecular weight is 483 g/mol. The Kier molecular flexibility index (Phi) is 5.43. The van der Waals surface area contributed by atoms with Crippen LogP contribution in [0.4, 0.5) is 5.69 Å². The number of hydrogen-bond acceptors (Lipinski definition) is 6. The van der Waals surface area contributed by atoms with E-state index in [9.17, 15) is 24.8 Å². The highest BCUT2D eigenvalue weighted by molar-refractivity contribution is 9.10. The number of nitrogens with zero attached hydrogens (tertiary/aromatic N) is 2. The Morgan fingerprint density at radius 3 is 2.52 bits per heavy atom. The lowest BCUT2D eigenvalue weighted by Gasteiger charge is -2.24. The second kappa shape index (κ2) is 8.19. The maximum Gasteiger partial charge on any atom is 0.296 e. The van der Waals surface area contributed by atoms with E-state index >= 15 is 0 Å². The van der Waals surface area contributed by atoms with E-state index in [1.54, 1.807) is 36.4 Å². The topological polar surface area (TPSA) is 114 Å². The molecule has 0 radical (unpaired) electrons. The molecule has 31 heavy (non-hydrogen) atoms. The third kappa shape index (κ3) is 3.87. The lowest BCUT2D eigenvalue weighted by atomic mass is 9.95. The van der Waals surface area contributed by atoms with Crippen LogP contribution in [0.1, 0.15) is 22.9 Å². The molecule has 0 bridgehead atoms. The molecule has 1 N–H and O–H groups in total. The number of nitro benzene ring substituents is 1. The van der Waals surface area contributed by atoms with E-state index in [-0.39, 0.29) is 23.4 Å². The van der Waals surface area contributed by atoms with Crippen molar-refractivity contribution in [2.45, 2.75) is 12.6 Å². The third-order valence-corrected chi connectivity index (χ3v) is 5.49. The number of non-ortho nitro benzene ring substituents is 1. The fraction of sp³-hybridized carbons (Fsp3) is 0.0909. The van der Waals surface area contributed by atoms with Gasteiger partial charge in [0.15, 0.2) is 0 Å². The molecule has 0 saturated carbocycles. The maximum absolute atomic E-state index is 12.9. The summed E-state index contributed by atoms with van der Waals surface area (Å²) in [6.07, 6.45) is 1.46. The van der Waals surface area contributed by atoms with Crippen molar-refractivity contribution >= 4 is 39.1 Å². The van der Waals surface area contributed by atoms with Crippen molar-refractivity contribution in [3.8, 4) is 0 Å². The fourth-order valence-electron chi connectivity index (χ4n) is 3.53. The van der Waals surface area contributed by atoms with Crippen molar-refractivity contribution in [1.29, 1.82) is 0 Å². The summed E-state index contributed by atoms with van der Waals surface area (Å²) in [7, 11) is 0. The maximum atomic E-state index is 12.9. The van der Waals surface area contributed by atoms with Crippen LogP contribution in [-0.4, -0.2) is 26.6 Å². The predicted molar refractivity (Wildman–Crippen MR) is 114 cm³/mol. The first-order chi connectivity index (χ1) is 14.9. The minimum Gasteiger partial charge on any atom is -0.507 e. The molecule has 1 amide bonds. The summed E-state index contributed by atoms with van der Waals surface area (Å²) in [6, 6.07) is 14.7. The molecular formula is C22H15BrN2O6. The predicted octanol–water partition coefficient (Wildman–Crippen LogP) is 4.57. The zero-order chi connectivity index (χ0) is 22.1. The van der Waals surface area contributed by atoms with Gasteiger partial charge in [0.05, 0.1) is 29.3 Å². The van der Waals surface area contributed by atoms with Crippen molar-refractivity contribution < 1.29 is 24.0 Å². The minimum absolute atomic E-state index is 0.0179. The molecule has 1 fully saturated rings. The summed E-state index contributed by atoms with van der Waals surface area (Å²) in [4.78, 5) is 37.7. The van der Waals surface area contributed by atoms with Gasteiger partial charge in [-0.25, -0.2) is 0 Å². The van der Waals surface area contributed by atoms with Gasteiger partial charge in [-0.05, 0) is 29.8 Å². The summed E-state index contributed by atoms with van der Waals surface area (Å²) in [5.41, 5.74) is 0.293. The zero-order valence-electron chi connectivity index (χ0n) is 15.9. The van der Waals surface area contributed by atoms with E-state index < -0.39 is 28.4 Å². The number of furan rings is 1. The molecular weight excluding hydrogens is 468 g/mol. The Balaban J connectivity index is 1.87. The van der Waals surface area contributed by atoms with Crippen molar-refractivity contribution in [3.05, 3.63) is 104 Å². The zero-order valence-corrected chi connectivity index (χ0v) is 17.5. The number of rotatable bonds is 5. The van der Waals surface area contributed by atoms with Crippen molar-refractivity contribution in [2.75, 3.05) is 0 Å². The molecule has 1 saturated heterocycles. The monoisotopic (exact) mass is 482 g/mol. The minimum atomic E-state index is -0.891. The van der Waals surface area contributed by atoms with Crippen LogP contribution in [0.2, 0.25) is 0 Å². The number of aliphatic hydroxyl groups excluding tert-OH is 1. The number of benzene rings is 2. The number of carbonyl (C=O) groups excluding carboxylic acids is 2. The van der Waals surface area contributed by atoms with E-state index in [1.807, 2.05) is 0 Å². The molecule has 3 aromatic rings. The summed E-state index contributed by atoms with van der Waals surface area (Å²) in [6.45, 7) is 0.0179. The Bertz CT molecular complexity index is 1200. The third-order valence-electron chi connectivity index (χ3n) is 4.96. The molecule has 1 aromatic heterocycles. The normalized spacial score (nSPS) is 17.8.